The van der Waals surface area contributed by atoms with Gasteiger partial charge in [0.2, 0.25) is 21.8 Å². The average molecular weight is 605 g/mol. The molecule has 0 aliphatic rings. The number of nitrogens with one attached hydrogen (secondary N) is 1. The number of sulfonamides is 1. The number of Topliss-reactive ketones (excluding diaryl/α,β-unsaturated/α-hetero) is 1. The van der Waals surface area contributed by atoms with E-state index in [0.717, 1.165) is 16.1 Å². The Kier molecular flexibility index (Phi) is 10.7. The van der Waals surface area contributed by atoms with Crippen LogP contribution in [0, 0.1) is 0 Å². The van der Waals surface area contributed by atoms with Crippen LogP contribution in [0.4, 0.5) is 5.69 Å². The standard InChI is InChI=1S/C29H31Cl2N3O5S/c1-4-32-29(37)27(16-21-10-6-5-7-11-21)33(18-24-25(30)14-9-15-26(24)31)28(36)19-34(40(3,38)39)23-13-8-12-22(17-23)20(2)35/h5-15,17,27H,4,16,18-19H2,1-3H3,(H,32,37). The highest BCUT2D eigenvalue weighted by molar-refractivity contribution is 7.92. The molecule has 0 aromatic heterocycles. The summed E-state index contributed by atoms with van der Waals surface area (Å²) < 4.78 is 26.7. The first-order chi connectivity index (χ1) is 18.9. The van der Waals surface area contributed by atoms with E-state index >= 15 is 0 Å². The van der Waals surface area contributed by atoms with E-state index < -0.39 is 34.4 Å². The SMILES string of the molecule is CCNC(=O)C(Cc1ccccc1)N(Cc1c(Cl)cccc1Cl)C(=O)CN(c1cccc(C(C)=O)c1)S(C)(=O)=O. The van der Waals surface area contributed by atoms with Crippen molar-refractivity contribution in [3.8, 4) is 0 Å². The molecular formula is C29H31Cl2N3O5S. The van der Waals surface area contributed by atoms with Crippen LogP contribution < -0.4 is 9.62 Å². The van der Waals surface area contributed by atoms with E-state index in [1.165, 1.54) is 24.0 Å². The van der Waals surface area contributed by atoms with Gasteiger partial charge in [0.05, 0.1) is 11.9 Å². The molecule has 0 bridgehead atoms. The number of carbonyl (C=O) groups excluding carboxylic acids is 3. The van der Waals surface area contributed by atoms with Crippen molar-refractivity contribution in [2.45, 2.75) is 32.9 Å². The molecule has 0 aliphatic carbocycles. The van der Waals surface area contributed by atoms with Crippen LogP contribution in [0.15, 0.2) is 72.8 Å². The number of rotatable bonds is 12. The first-order valence-corrected chi connectivity index (χ1v) is 15.2. The first-order valence-electron chi connectivity index (χ1n) is 12.5. The normalized spacial score (nSPS) is 11.9. The number of anilines is 1. The topological polar surface area (TPSA) is 104 Å². The van der Waals surface area contributed by atoms with Crippen molar-refractivity contribution in [1.82, 2.24) is 10.2 Å². The van der Waals surface area contributed by atoms with Gasteiger partial charge in [-0.1, -0.05) is 71.7 Å². The molecule has 1 unspecified atom stereocenters. The second-order valence-corrected chi connectivity index (χ2v) is 11.9. The molecule has 3 aromatic rings. The van der Waals surface area contributed by atoms with E-state index in [1.807, 2.05) is 30.3 Å². The molecule has 0 saturated carbocycles. The van der Waals surface area contributed by atoms with Crippen LogP contribution in [0.1, 0.15) is 35.3 Å². The molecule has 0 aliphatic heterocycles. The zero-order valence-corrected chi connectivity index (χ0v) is 24.8. The fraction of sp³-hybridized carbons (Fsp3) is 0.276. The minimum atomic E-state index is -3.97. The van der Waals surface area contributed by atoms with Crippen molar-refractivity contribution in [2.24, 2.45) is 0 Å². The molecule has 0 radical (unpaired) electrons. The highest BCUT2D eigenvalue weighted by atomic mass is 35.5. The van der Waals surface area contributed by atoms with Crippen molar-refractivity contribution in [3.63, 3.8) is 0 Å². The first kappa shape index (κ1) is 31.1. The molecular weight excluding hydrogens is 573 g/mol. The third-order valence-electron chi connectivity index (χ3n) is 6.23. The number of nitrogens with zero attached hydrogens (tertiary/aromatic N) is 2. The summed E-state index contributed by atoms with van der Waals surface area (Å²) in [6.07, 6.45) is 1.14. The molecule has 0 spiro atoms. The second kappa shape index (κ2) is 13.8. The summed E-state index contributed by atoms with van der Waals surface area (Å²) in [4.78, 5) is 40.7. The minimum absolute atomic E-state index is 0.142. The number of halogens is 2. The van der Waals surface area contributed by atoms with Crippen LogP contribution in [-0.4, -0.2) is 56.3 Å². The van der Waals surface area contributed by atoms with Crippen LogP contribution in [0.25, 0.3) is 0 Å². The number of hydrogen-bond acceptors (Lipinski definition) is 5. The summed E-state index contributed by atoms with van der Waals surface area (Å²) in [5, 5.41) is 3.38. The molecule has 0 heterocycles. The van der Waals surface area contributed by atoms with Gasteiger partial charge in [-0.3, -0.25) is 18.7 Å². The molecule has 212 valence electrons. The van der Waals surface area contributed by atoms with Crippen LogP contribution in [-0.2, 0) is 32.6 Å². The number of likely N-dealkylation sites (N-methyl/N-ethyl adjacent to an activating group) is 1. The Labute approximate surface area is 244 Å². The molecule has 2 amide bonds. The Bertz CT molecular complexity index is 1460. The molecule has 11 heteroatoms. The lowest BCUT2D eigenvalue weighted by molar-refractivity contribution is -0.140. The Hall–Kier alpha value is -3.40. The van der Waals surface area contributed by atoms with Gasteiger partial charge in [-0.25, -0.2) is 8.42 Å². The van der Waals surface area contributed by atoms with Gasteiger partial charge in [0, 0.05) is 40.7 Å². The fourth-order valence-electron chi connectivity index (χ4n) is 4.19. The average Bonchev–Trinajstić information content (AvgIpc) is 2.90. The maximum atomic E-state index is 14.0. The van der Waals surface area contributed by atoms with Crippen molar-refractivity contribution < 1.29 is 22.8 Å². The predicted molar refractivity (Wildman–Crippen MR) is 158 cm³/mol. The molecule has 1 atom stereocenters. The molecule has 8 nitrogen and oxygen atoms in total. The molecule has 0 fully saturated rings. The Morgan fingerprint density at radius 2 is 1.55 bits per heavy atom. The van der Waals surface area contributed by atoms with Crippen LogP contribution >= 0.6 is 23.2 Å². The van der Waals surface area contributed by atoms with E-state index in [-0.39, 0.29) is 24.4 Å². The predicted octanol–water partition coefficient (Wildman–Crippen LogP) is 4.74. The molecule has 1 N–H and O–H groups in total. The van der Waals surface area contributed by atoms with E-state index in [2.05, 4.69) is 5.32 Å². The smallest absolute Gasteiger partial charge is 0.244 e. The number of benzene rings is 3. The zero-order valence-electron chi connectivity index (χ0n) is 22.4. The van der Waals surface area contributed by atoms with Gasteiger partial charge in [-0.05, 0) is 43.7 Å². The molecule has 3 rings (SSSR count). The van der Waals surface area contributed by atoms with Gasteiger partial charge >= 0.3 is 0 Å². The van der Waals surface area contributed by atoms with E-state index in [9.17, 15) is 22.8 Å². The van der Waals surface area contributed by atoms with Crippen molar-refractivity contribution >= 4 is 56.5 Å². The fourth-order valence-corrected chi connectivity index (χ4v) is 5.55. The summed E-state index contributed by atoms with van der Waals surface area (Å²) in [6.45, 7) is 2.70. The Morgan fingerprint density at radius 1 is 0.925 bits per heavy atom. The van der Waals surface area contributed by atoms with Crippen LogP contribution in [0.5, 0.6) is 0 Å². The summed E-state index contributed by atoms with van der Waals surface area (Å²) in [6, 6.07) is 19.1. The van der Waals surface area contributed by atoms with Crippen molar-refractivity contribution in [1.29, 1.82) is 0 Å². The molecule has 40 heavy (non-hydrogen) atoms. The summed E-state index contributed by atoms with van der Waals surface area (Å²) in [5.74, 6) is -1.31. The number of ketones is 1. The lowest BCUT2D eigenvalue weighted by atomic mass is 10.0. The Morgan fingerprint density at radius 3 is 2.12 bits per heavy atom. The van der Waals surface area contributed by atoms with Gasteiger partial charge in [0.1, 0.15) is 12.6 Å². The number of carbonyl (C=O) groups is 3. The summed E-state index contributed by atoms with van der Waals surface area (Å²) >= 11 is 12.9. The van der Waals surface area contributed by atoms with Gasteiger partial charge < -0.3 is 10.2 Å². The quantitative estimate of drug-likeness (QED) is 0.301. The van der Waals surface area contributed by atoms with Gasteiger partial charge in [0.15, 0.2) is 5.78 Å². The number of hydrogen-bond donors (Lipinski definition) is 1. The van der Waals surface area contributed by atoms with E-state index in [0.29, 0.717) is 27.7 Å². The lowest BCUT2D eigenvalue weighted by Gasteiger charge is -2.34. The van der Waals surface area contributed by atoms with Crippen molar-refractivity contribution in [2.75, 3.05) is 23.7 Å². The summed E-state index contributed by atoms with van der Waals surface area (Å²) in [7, 11) is -3.97. The van der Waals surface area contributed by atoms with Crippen LogP contribution in [0.2, 0.25) is 10.0 Å². The van der Waals surface area contributed by atoms with Gasteiger partial charge in [-0.2, -0.15) is 0 Å². The maximum absolute atomic E-state index is 14.0. The Balaban J connectivity index is 2.10. The largest absolute Gasteiger partial charge is 0.355 e. The lowest BCUT2D eigenvalue weighted by Crippen LogP contribution is -2.53. The maximum Gasteiger partial charge on any atom is 0.244 e. The number of amides is 2. The highest BCUT2D eigenvalue weighted by Gasteiger charge is 2.33. The second-order valence-electron chi connectivity index (χ2n) is 9.20. The van der Waals surface area contributed by atoms with E-state index in [4.69, 9.17) is 23.2 Å². The monoisotopic (exact) mass is 603 g/mol. The molecule has 0 saturated heterocycles. The van der Waals surface area contributed by atoms with Crippen molar-refractivity contribution in [3.05, 3.63) is 99.5 Å². The van der Waals surface area contributed by atoms with Crippen LogP contribution in [0.3, 0.4) is 0 Å². The third kappa shape index (κ3) is 8.06. The zero-order chi connectivity index (χ0) is 29.4. The summed E-state index contributed by atoms with van der Waals surface area (Å²) in [5.41, 5.74) is 1.67. The highest BCUT2D eigenvalue weighted by Crippen LogP contribution is 2.28. The molecule has 3 aromatic carbocycles. The van der Waals surface area contributed by atoms with Gasteiger partial charge in [0.25, 0.3) is 0 Å². The van der Waals surface area contributed by atoms with E-state index in [1.54, 1.807) is 37.3 Å². The van der Waals surface area contributed by atoms with Gasteiger partial charge in [-0.15, -0.1) is 0 Å². The third-order valence-corrected chi connectivity index (χ3v) is 8.08. The minimum Gasteiger partial charge on any atom is -0.355 e.